The Hall–Kier alpha value is -1.57. The van der Waals surface area contributed by atoms with Gasteiger partial charge >= 0.3 is 0 Å². The van der Waals surface area contributed by atoms with Crippen LogP contribution in [0, 0.1) is 6.92 Å². The van der Waals surface area contributed by atoms with Crippen molar-refractivity contribution in [3.8, 4) is 0 Å². The van der Waals surface area contributed by atoms with Gasteiger partial charge in [-0.25, -0.2) is 0 Å². The average Bonchev–Trinajstić information content (AvgIpc) is 2.14. The fourth-order valence-electron chi connectivity index (χ4n) is 1.21. The van der Waals surface area contributed by atoms with Crippen molar-refractivity contribution in [1.29, 1.82) is 0 Å². The summed E-state index contributed by atoms with van der Waals surface area (Å²) >= 11 is 0. The summed E-state index contributed by atoms with van der Waals surface area (Å²) in [7, 11) is 0. The number of allylic oxidation sites excluding steroid dienone is 1. The van der Waals surface area contributed by atoms with Crippen LogP contribution in [0.25, 0.3) is 5.70 Å². The molecule has 1 aromatic carbocycles. The zero-order chi connectivity index (χ0) is 9.68. The first-order chi connectivity index (χ1) is 6.27. The van der Waals surface area contributed by atoms with Gasteiger partial charge in [-0.3, -0.25) is 4.79 Å². The van der Waals surface area contributed by atoms with Crippen LogP contribution >= 0.6 is 0 Å². The van der Waals surface area contributed by atoms with E-state index in [0.29, 0.717) is 6.41 Å². The summed E-state index contributed by atoms with van der Waals surface area (Å²) in [4.78, 5) is 10.3. The Balaban J connectivity index is 2.98. The van der Waals surface area contributed by atoms with Gasteiger partial charge in [-0.05, 0) is 25.5 Å². The maximum atomic E-state index is 10.3. The van der Waals surface area contributed by atoms with Crippen LogP contribution in [0.4, 0.5) is 0 Å². The van der Waals surface area contributed by atoms with E-state index in [0.717, 1.165) is 11.3 Å². The summed E-state index contributed by atoms with van der Waals surface area (Å²) < 4.78 is 0. The SMILES string of the molecule is C/C=C(\NC=O)c1cccc(C)c1. The molecule has 1 rings (SSSR count). The molecule has 2 heteroatoms. The lowest BCUT2D eigenvalue weighted by Gasteiger charge is -2.05. The van der Waals surface area contributed by atoms with Gasteiger partial charge in [-0.1, -0.05) is 29.8 Å². The molecule has 0 spiro atoms. The average molecular weight is 175 g/mol. The Labute approximate surface area is 78.3 Å². The Morgan fingerprint density at radius 2 is 2.23 bits per heavy atom. The highest BCUT2D eigenvalue weighted by atomic mass is 16.1. The number of rotatable bonds is 3. The fourth-order valence-corrected chi connectivity index (χ4v) is 1.21. The van der Waals surface area contributed by atoms with Crippen molar-refractivity contribution in [2.75, 3.05) is 0 Å². The second kappa shape index (κ2) is 4.45. The summed E-state index contributed by atoms with van der Waals surface area (Å²) in [5.41, 5.74) is 3.07. The lowest BCUT2D eigenvalue weighted by molar-refractivity contribution is -0.108. The molecule has 0 saturated heterocycles. The summed E-state index contributed by atoms with van der Waals surface area (Å²) in [5, 5.41) is 2.66. The molecule has 13 heavy (non-hydrogen) atoms. The topological polar surface area (TPSA) is 29.1 Å². The molecule has 0 radical (unpaired) electrons. The Bertz CT molecular complexity index is 329. The molecule has 0 aliphatic heterocycles. The minimum absolute atomic E-state index is 0.692. The maximum absolute atomic E-state index is 10.3. The number of benzene rings is 1. The molecule has 0 saturated carbocycles. The molecule has 0 heterocycles. The number of carbonyl (C=O) groups excluding carboxylic acids is 1. The lowest BCUT2D eigenvalue weighted by Crippen LogP contribution is -2.08. The molecule has 1 aromatic rings. The first-order valence-electron chi connectivity index (χ1n) is 4.21. The number of carbonyl (C=O) groups is 1. The summed E-state index contributed by atoms with van der Waals surface area (Å²) in [5.74, 6) is 0. The number of amides is 1. The molecule has 0 bridgehead atoms. The third-order valence-corrected chi connectivity index (χ3v) is 1.83. The molecule has 1 N–H and O–H groups in total. The first-order valence-corrected chi connectivity index (χ1v) is 4.21. The van der Waals surface area contributed by atoms with E-state index in [1.54, 1.807) is 0 Å². The lowest BCUT2D eigenvalue weighted by atomic mass is 10.1. The molecule has 0 fully saturated rings. The van der Waals surface area contributed by atoms with Gasteiger partial charge in [0.15, 0.2) is 0 Å². The van der Waals surface area contributed by atoms with Crippen LogP contribution in [0.1, 0.15) is 18.1 Å². The molecular formula is C11H13NO. The molecule has 0 aliphatic carbocycles. The van der Waals surface area contributed by atoms with Gasteiger partial charge in [0.25, 0.3) is 0 Å². The standard InChI is InChI=1S/C11H13NO/c1-3-11(12-8-13)10-6-4-5-9(2)7-10/h3-8H,1-2H3,(H,12,13)/b11-3-. The van der Waals surface area contributed by atoms with E-state index in [1.807, 2.05) is 44.2 Å². The van der Waals surface area contributed by atoms with E-state index in [-0.39, 0.29) is 0 Å². The minimum Gasteiger partial charge on any atom is -0.328 e. The molecular weight excluding hydrogens is 162 g/mol. The second-order valence-electron chi connectivity index (χ2n) is 2.83. The van der Waals surface area contributed by atoms with Crippen molar-refractivity contribution in [1.82, 2.24) is 5.32 Å². The van der Waals surface area contributed by atoms with Crippen molar-refractivity contribution in [2.24, 2.45) is 0 Å². The molecule has 1 amide bonds. The number of aryl methyl sites for hydroxylation is 1. The number of hydrogen-bond donors (Lipinski definition) is 1. The van der Waals surface area contributed by atoms with Crippen LogP contribution < -0.4 is 5.32 Å². The van der Waals surface area contributed by atoms with E-state index < -0.39 is 0 Å². The van der Waals surface area contributed by atoms with E-state index in [2.05, 4.69) is 5.32 Å². The van der Waals surface area contributed by atoms with E-state index in [9.17, 15) is 4.79 Å². The van der Waals surface area contributed by atoms with Crippen molar-refractivity contribution >= 4 is 12.1 Å². The van der Waals surface area contributed by atoms with Gasteiger partial charge < -0.3 is 5.32 Å². The molecule has 0 atom stereocenters. The predicted molar refractivity (Wildman–Crippen MR) is 54.0 cm³/mol. The summed E-state index contributed by atoms with van der Waals surface area (Å²) in [6.07, 6.45) is 2.57. The van der Waals surface area contributed by atoms with Crippen LogP contribution in [0.5, 0.6) is 0 Å². The third-order valence-electron chi connectivity index (χ3n) is 1.83. The second-order valence-corrected chi connectivity index (χ2v) is 2.83. The zero-order valence-corrected chi connectivity index (χ0v) is 7.87. The van der Waals surface area contributed by atoms with Crippen LogP contribution in [0.15, 0.2) is 30.3 Å². The van der Waals surface area contributed by atoms with Crippen molar-refractivity contribution < 1.29 is 4.79 Å². The van der Waals surface area contributed by atoms with Crippen LogP contribution in [0.3, 0.4) is 0 Å². The zero-order valence-electron chi connectivity index (χ0n) is 7.87. The van der Waals surface area contributed by atoms with E-state index >= 15 is 0 Å². The molecule has 0 aromatic heterocycles. The predicted octanol–water partition coefficient (Wildman–Crippen LogP) is 2.10. The summed E-state index contributed by atoms with van der Waals surface area (Å²) in [6, 6.07) is 8.00. The Kier molecular flexibility index (Phi) is 3.26. The van der Waals surface area contributed by atoms with Crippen LogP contribution in [-0.2, 0) is 4.79 Å². The smallest absolute Gasteiger partial charge is 0.211 e. The minimum atomic E-state index is 0.692. The molecule has 0 unspecified atom stereocenters. The number of hydrogen-bond acceptors (Lipinski definition) is 1. The van der Waals surface area contributed by atoms with Crippen molar-refractivity contribution in [2.45, 2.75) is 13.8 Å². The molecule has 0 aliphatic rings. The first kappa shape index (κ1) is 9.52. The quantitative estimate of drug-likeness (QED) is 0.700. The summed E-state index contributed by atoms with van der Waals surface area (Å²) in [6.45, 7) is 3.92. The van der Waals surface area contributed by atoms with Crippen LogP contribution in [-0.4, -0.2) is 6.41 Å². The monoisotopic (exact) mass is 175 g/mol. The van der Waals surface area contributed by atoms with E-state index in [4.69, 9.17) is 0 Å². The van der Waals surface area contributed by atoms with Crippen molar-refractivity contribution in [3.63, 3.8) is 0 Å². The Morgan fingerprint density at radius 3 is 2.77 bits per heavy atom. The van der Waals surface area contributed by atoms with E-state index in [1.165, 1.54) is 5.56 Å². The molecule has 68 valence electrons. The van der Waals surface area contributed by atoms with Gasteiger partial charge in [-0.15, -0.1) is 0 Å². The highest BCUT2D eigenvalue weighted by molar-refractivity contribution is 5.73. The molecule has 2 nitrogen and oxygen atoms in total. The maximum Gasteiger partial charge on any atom is 0.211 e. The highest BCUT2D eigenvalue weighted by Gasteiger charge is 1.97. The van der Waals surface area contributed by atoms with Gasteiger partial charge in [0.1, 0.15) is 0 Å². The number of nitrogens with one attached hydrogen (secondary N) is 1. The van der Waals surface area contributed by atoms with Crippen molar-refractivity contribution in [3.05, 3.63) is 41.5 Å². The Morgan fingerprint density at radius 1 is 1.46 bits per heavy atom. The van der Waals surface area contributed by atoms with Gasteiger partial charge in [-0.2, -0.15) is 0 Å². The largest absolute Gasteiger partial charge is 0.328 e. The fraction of sp³-hybridized carbons (Fsp3) is 0.182. The van der Waals surface area contributed by atoms with Gasteiger partial charge in [0.2, 0.25) is 6.41 Å². The highest BCUT2D eigenvalue weighted by Crippen LogP contribution is 2.12. The van der Waals surface area contributed by atoms with Gasteiger partial charge in [0, 0.05) is 5.70 Å². The third kappa shape index (κ3) is 2.44. The van der Waals surface area contributed by atoms with Gasteiger partial charge in [0.05, 0.1) is 0 Å². The normalized spacial score (nSPS) is 11.1. The van der Waals surface area contributed by atoms with Crippen LogP contribution in [0.2, 0.25) is 0 Å².